The van der Waals surface area contributed by atoms with Crippen molar-refractivity contribution in [2.24, 2.45) is 0 Å². The fourth-order valence-electron chi connectivity index (χ4n) is 3.84. The van der Waals surface area contributed by atoms with E-state index in [9.17, 15) is 18.0 Å². The van der Waals surface area contributed by atoms with Crippen LogP contribution in [0.2, 0.25) is 0 Å². The molecule has 3 aromatic rings. The number of ketones is 1. The largest absolute Gasteiger partial charge is 0.497 e. The smallest absolute Gasteiger partial charge is 0.307 e. The first-order valence-corrected chi connectivity index (χ1v) is 13.0. The van der Waals surface area contributed by atoms with Crippen LogP contribution in [-0.2, 0) is 32.3 Å². The minimum Gasteiger partial charge on any atom is -0.497 e. The zero-order chi connectivity index (χ0) is 25.6. The van der Waals surface area contributed by atoms with Crippen molar-refractivity contribution in [3.63, 3.8) is 0 Å². The van der Waals surface area contributed by atoms with Crippen LogP contribution in [0.5, 0.6) is 5.75 Å². The number of rotatable bonds is 11. The first kappa shape index (κ1) is 26.2. The molecule has 0 atom stereocenters. The minimum atomic E-state index is -3.60. The van der Waals surface area contributed by atoms with Gasteiger partial charge in [-0.25, -0.2) is 8.42 Å². The van der Waals surface area contributed by atoms with Crippen molar-refractivity contribution in [3.8, 4) is 5.75 Å². The van der Waals surface area contributed by atoms with Gasteiger partial charge >= 0.3 is 5.97 Å². The Kier molecular flexibility index (Phi) is 8.51. The number of hydrogen-bond acceptors (Lipinski definition) is 6. The number of sulfone groups is 1. The minimum absolute atomic E-state index is 0.161. The van der Waals surface area contributed by atoms with E-state index in [1.54, 1.807) is 25.3 Å². The molecule has 1 heterocycles. The van der Waals surface area contributed by atoms with Crippen molar-refractivity contribution in [1.29, 1.82) is 0 Å². The normalized spacial score (nSPS) is 11.3. The third-order valence-corrected chi connectivity index (χ3v) is 7.71. The van der Waals surface area contributed by atoms with Crippen LogP contribution >= 0.6 is 0 Å². The molecule has 0 saturated carbocycles. The van der Waals surface area contributed by atoms with Crippen LogP contribution in [0.15, 0.2) is 59.5 Å². The number of ether oxygens (including phenoxy) is 2. The van der Waals surface area contributed by atoms with Crippen molar-refractivity contribution in [1.82, 2.24) is 4.57 Å². The lowest BCUT2D eigenvalue weighted by Gasteiger charge is -2.10. The maximum Gasteiger partial charge on any atom is 0.307 e. The molecule has 0 fully saturated rings. The van der Waals surface area contributed by atoms with E-state index >= 15 is 0 Å². The molecule has 3 rings (SSSR count). The SMILES string of the molecule is COc1ccc(CCn2c(C)cc(C(=O)COC(=O)CCS(=O)(=O)c3ccc(C)cc3)c2C)cc1. The van der Waals surface area contributed by atoms with Crippen molar-refractivity contribution in [2.45, 2.75) is 45.1 Å². The average molecular weight is 498 g/mol. The fraction of sp³-hybridized carbons (Fsp3) is 0.333. The standard InChI is InChI=1S/C27H31NO6S/c1-19-5-11-24(12-6-19)35(31,32)16-14-27(30)34-18-26(29)25-17-20(2)28(21(25)3)15-13-22-7-9-23(33-4)10-8-22/h5-12,17H,13-16,18H2,1-4H3. The fourth-order valence-corrected chi connectivity index (χ4v) is 5.06. The van der Waals surface area contributed by atoms with Crippen LogP contribution in [0.3, 0.4) is 0 Å². The number of aryl methyl sites for hydroxylation is 3. The lowest BCUT2D eigenvalue weighted by molar-refractivity contribution is -0.142. The molecule has 8 heteroatoms. The molecule has 0 bridgehead atoms. The van der Waals surface area contributed by atoms with Crippen LogP contribution in [0.4, 0.5) is 0 Å². The summed E-state index contributed by atoms with van der Waals surface area (Å²) < 4.78 is 37.1. The second kappa shape index (κ2) is 11.4. The third-order valence-electron chi connectivity index (χ3n) is 5.98. The summed E-state index contributed by atoms with van der Waals surface area (Å²) in [5, 5.41) is 0. The van der Waals surface area contributed by atoms with Crippen molar-refractivity contribution >= 4 is 21.6 Å². The zero-order valence-electron chi connectivity index (χ0n) is 20.5. The first-order chi connectivity index (χ1) is 16.6. The number of esters is 1. The number of nitrogens with zero attached hydrogens (tertiary/aromatic N) is 1. The summed E-state index contributed by atoms with van der Waals surface area (Å²) in [7, 11) is -1.97. The first-order valence-electron chi connectivity index (χ1n) is 11.4. The molecule has 7 nitrogen and oxygen atoms in total. The van der Waals surface area contributed by atoms with E-state index in [1.165, 1.54) is 12.1 Å². The molecule has 1 aromatic heterocycles. The van der Waals surface area contributed by atoms with Crippen LogP contribution in [0.1, 0.15) is 39.3 Å². The quantitative estimate of drug-likeness (QED) is 0.290. The van der Waals surface area contributed by atoms with E-state index in [2.05, 4.69) is 4.57 Å². The van der Waals surface area contributed by atoms with E-state index in [-0.39, 0.29) is 22.9 Å². The van der Waals surface area contributed by atoms with Gasteiger partial charge in [0.15, 0.2) is 16.4 Å². The summed E-state index contributed by atoms with van der Waals surface area (Å²) in [6.45, 7) is 5.94. The number of hydrogen-bond donors (Lipinski definition) is 0. The van der Waals surface area contributed by atoms with Crippen LogP contribution in [0, 0.1) is 20.8 Å². The Morgan fingerprint density at radius 2 is 1.60 bits per heavy atom. The zero-order valence-corrected chi connectivity index (χ0v) is 21.4. The number of aromatic nitrogens is 1. The molecule has 0 amide bonds. The van der Waals surface area contributed by atoms with E-state index in [4.69, 9.17) is 9.47 Å². The maximum absolute atomic E-state index is 12.7. The van der Waals surface area contributed by atoms with E-state index < -0.39 is 22.4 Å². The van der Waals surface area contributed by atoms with Gasteiger partial charge < -0.3 is 14.0 Å². The molecule has 0 aliphatic carbocycles. The number of methoxy groups -OCH3 is 1. The van der Waals surface area contributed by atoms with Crippen LogP contribution in [-0.4, -0.2) is 44.2 Å². The van der Waals surface area contributed by atoms with Gasteiger partial charge in [0.2, 0.25) is 5.78 Å². The van der Waals surface area contributed by atoms with Crippen molar-refractivity contribution < 1.29 is 27.5 Å². The van der Waals surface area contributed by atoms with Gasteiger partial charge in [0.25, 0.3) is 0 Å². The molecule has 0 spiro atoms. The Morgan fingerprint density at radius 1 is 0.943 bits per heavy atom. The van der Waals surface area contributed by atoms with Gasteiger partial charge in [-0.1, -0.05) is 29.8 Å². The molecule has 0 aliphatic rings. The Bertz CT molecular complexity index is 1290. The van der Waals surface area contributed by atoms with Gasteiger partial charge in [-0.2, -0.15) is 0 Å². The molecule has 0 unspecified atom stereocenters. The van der Waals surface area contributed by atoms with E-state index in [0.29, 0.717) is 12.1 Å². The lowest BCUT2D eigenvalue weighted by atomic mass is 10.1. The highest BCUT2D eigenvalue weighted by molar-refractivity contribution is 7.91. The number of benzene rings is 2. The molecular weight excluding hydrogens is 466 g/mol. The molecule has 186 valence electrons. The summed E-state index contributed by atoms with van der Waals surface area (Å²) in [5.74, 6) is -0.605. The molecule has 0 saturated heterocycles. The molecular formula is C27H31NO6S. The van der Waals surface area contributed by atoms with Gasteiger partial charge in [-0.3, -0.25) is 9.59 Å². The Balaban J connectivity index is 1.53. The van der Waals surface area contributed by atoms with Gasteiger partial charge in [0.05, 0.1) is 24.2 Å². The van der Waals surface area contributed by atoms with Gasteiger partial charge in [-0.05, 0) is 63.1 Å². The molecule has 35 heavy (non-hydrogen) atoms. The number of Topliss-reactive ketones (excluding diaryl/α,β-unsaturated/α-hetero) is 1. The van der Waals surface area contributed by atoms with Crippen molar-refractivity contribution in [2.75, 3.05) is 19.5 Å². The Labute approximate surface area is 206 Å². The summed E-state index contributed by atoms with van der Waals surface area (Å²) in [4.78, 5) is 25.0. The summed E-state index contributed by atoms with van der Waals surface area (Å²) in [6, 6.07) is 16.1. The predicted molar refractivity (Wildman–Crippen MR) is 134 cm³/mol. The second-order valence-electron chi connectivity index (χ2n) is 8.50. The highest BCUT2D eigenvalue weighted by atomic mass is 32.2. The monoisotopic (exact) mass is 497 g/mol. The highest BCUT2D eigenvalue weighted by Crippen LogP contribution is 2.19. The number of carbonyl (C=O) groups excluding carboxylic acids is 2. The van der Waals surface area contributed by atoms with Crippen molar-refractivity contribution in [3.05, 3.63) is 82.7 Å². The lowest BCUT2D eigenvalue weighted by Crippen LogP contribution is -2.18. The molecule has 0 N–H and O–H groups in total. The van der Waals surface area contributed by atoms with Gasteiger partial charge in [0.1, 0.15) is 5.75 Å². The Hall–Kier alpha value is -3.39. The van der Waals surface area contributed by atoms with Crippen LogP contribution < -0.4 is 4.74 Å². The van der Waals surface area contributed by atoms with E-state index in [0.717, 1.165) is 34.7 Å². The summed E-state index contributed by atoms with van der Waals surface area (Å²) in [6.07, 6.45) is 0.475. The van der Waals surface area contributed by atoms with Crippen LogP contribution in [0.25, 0.3) is 0 Å². The average Bonchev–Trinajstić information content (AvgIpc) is 3.13. The van der Waals surface area contributed by atoms with Gasteiger partial charge in [0, 0.05) is 23.5 Å². The predicted octanol–water partition coefficient (Wildman–Crippen LogP) is 4.25. The van der Waals surface area contributed by atoms with Gasteiger partial charge in [-0.15, -0.1) is 0 Å². The highest BCUT2D eigenvalue weighted by Gasteiger charge is 2.20. The molecule has 2 aromatic carbocycles. The van der Waals surface area contributed by atoms with E-state index in [1.807, 2.05) is 45.0 Å². The second-order valence-corrected chi connectivity index (χ2v) is 10.6. The third kappa shape index (κ3) is 6.82. The maximum atomic E-state index is 12.7. The topological polar surface area (TPSA) is 91.7 Å². The Morgan fingerprint density at radius 3 is 2.23 bits per heavy atom. The molecule has 0 radical (unpaired) electrons. The summed E-state index contributed by atoms with van der Waals surface area (Å²) >= 11 is 0. The number of carbonyl (C=O) groups is 2. The molecule has 0 aliphatic heterocycles. The summed E-state index contributed by atoms with van der Waals surface area (Å²) in [5.41, 5.74) is 4.34.